The number of aromatic carboxylic acids is 1. The number of fused-ring (bicyclic) bond motifs is 3. The lowest BCUT2D eigenvalue weighted by Crippen LogP contribution is -2.10. The smallest absolute Gasteiger partial charge is 0.338 e. The molecule has 0 bridgehead atoms. The molecule has 0 spiro atoms. The number of pyridine rings is 1. The van der Waals surface area contributed by atoms with Crippen molar-refractivity contribution in [1.29, 1.82) is 0 Å². The minimum absolute atomic E-state index is 0.133. The van der Waals surface area contributed by atoms with E-state index >= 15 is 0 Å². The number of ether oxygens (including phenoxy) is 3. The van der Waals surface area contributed by atoms with Crippen LogP contribution in [-0.2, 0) is 0 Å². The molecule has 7 nitrogen and oxygen atoms in total. The molecule has 0 atom stereocenters. The zero-order valence-corrected chi connectivity index (χ0v) is 20.7. The first kappa shape index (κ1) is 24.7. The van der Waals surface area contributed by atoms with E-state index in [9.17, 15) is 19.1 Å². The van der Waals surface area contributed by atoms with E-state index in [1.54, 1.807) is 48.6 Å². The van der Waals surface area contributed by atoms with Gasteiger partial charge in [-0.2, -0.15) is 0 Å². The average molecular weight is 512 g/mol. The maximum absolute atomic E-state index is 13.8. The molecule has 1 aromatic heterocycles. The van der Waals surface area contributed by atoms with Gasteiger partial charge in [-0.1, -0.05) is 42.5 Å². The van der Waals surface area contributed by atoms with Gasteiger partial charge in [-0.3, -0.25) is 4.79 Å². The number of aromatic nitrogens is 1. The number of nitrogens with zero attached hydrogens (tertiary/aromatic N) is 1. The molecule has 0 amide bonds. The Morgan fingerprint density at radius 3 is 2.08 bits per heavy atom. The molecular formula is C30H22FNO6. The van der Waals surface area contributed by atoms with Crippen LogP contribution in [0.15, 0.2) is 60.7 Å². The summed E-state index contributed by atoms with van der Waals surface area (Å²) < 4.78 is 30.0. The van der Waals surface area contributed by atoms with Gasteiger partial charge in [0.25, 0.3) is 0 Å². The summed E-state index contributed by atoms with van der Waals surface area (Å²) in [7, 11) is 4.50. The molecule has 1 aliphatic rings. The topological polar surface area (TPSA) is 95.0 Å². The minimum Gasteiger partial charge on any atom is -0.493 e. The van der Waals surface area contributed by atoms with E-state index in [2.05, 4.69) is 4.98 Å². The van der Waals surface area contributed by atoms with E-state index in [4.69, 9.17) is 14.2 Å². The van der Waals surface area contributed by atoms with Crippen molar-refractivity contribution < 1.29 is 33.3 Å². The molecule has 4 aromatic rings. The molecule has 5 rings (SSSR count). The lowest BCUT2D eigenvalue weighted by atomic mass is 9.91. The molecule has 1 aliphatic carbocycles. The van der Waals surface area contributed by atoms with Gasteiger partial charge in [-0.15, -0.1) is 0 Å². The van der Waals surface area contributed by atoms with Crippen molar-refractivity contribution in [3.05, 3.63) is 94.4 Å². The third kappa shape index (κ3) is 4.06. The zero-order chi connectivity index (χ0) is 27.0. The molecule has 190 valence electrons. The van der Waals surface area contributed by atoms with Crippen molar-refractivity contribution in [3.8, 4) is 39.6 Å². The first-order valence-electron chi connectivity index (χ1n) is 11.6. The third-order valence-corrected chi connectivity index (χ3v) is 6.35. The van der Waals surface area contributed by atoms with Gasteiger partial charge in [0.15, 0.2) is 17.3 Å². The number of carbonyl (C=O) groups is 2. The van der Waals surface area contributed by atoms with Crippen molar-refractivity contribution >= 4 is 23.9 Å². The maximum atomic E-state index is 13.8. The standard InChI is InChI=1S/C30H22FNO6/c1-36-22-14-16(15-23(37-2)29(22)38-3)8-13-21-25(30(34)35)24(17-9-11-18(31)12-10-17)26-27(32-21)19-6-4-5-7-20(19)28(26)33/h4-15H,1-3H3,(H,34,35)/b13-8-. The zero-order valence-electron chi connectivity index (χ0n) is 20.7. The Morgan fingerprint density at radius 1 is 0.868 bits per heavy atom. The highest BCUT2D eigenvalue weighted by molar-refractivity contribution is 6.25. The van der Waals surface area contributed by atoms with Crippen LogP contribution < -0.4 is 14.2 Å². The van der Waals surface area contributed by atoms with Gasteiger partial charge in [0.05, 0.1) is 43.8 Å². The SMILES string of the molecule is COc1cc(/C=C\c2nc3c(c(-c4ccc(F)cc4)c2C(=O)O)C(=O)c2ccccc2-3)cc(OC)c1OC. The Morgan fingerprint density at radius 2 is 1.50 bits per heavy atom. The highest BCUT2D eigenvalue weighted by Crippen LogP contribution is 2.44. The van der Waals surface area contributed by atoms with Gasteiger partial charge >= 0.3 is 5.97 Å². The van der Waals surface area contributed by atoms with E-state index in [1.807, 2.05) is 0 Å². The number of halogens is 1. The summed E-state index contributed by atoms with van der Waals surface area (Å²) in [6, 6.07) is 15.8. The highest BCUT2D eigenvalue weighted by Gasteiger charge is 2.35. The van der Waals surface area contributed by atoms with E-state index in [0.717, 1.165) is 0 Å². The summed E-state index contributed by atoms with van der Waals surface area (Å²) in [4.78, 5) is 30.7. The second-order valence-corrected chi connectivity index (χ2v) is 8.45. The van der Waals surface area contributed by atoms with Crippen LogP contribution in [0.5, 0.6) is 17.2 Å². The Balaban J connectivity index is 1.77. The van der Waals surface area contributed by atoms with Gasteiger partial charge < -0.3 is 19.3 Å². The van der Waals surface area contributed by atoms with Gasteiger partial charge in [0.2, 0.25) is 5.75 Å². The molecule has 3 aromatic carbocycles. The third-order valence-electron chi connectivity index (χ3n) is 6.35. The maximum Gasteiger partial charge on any atom is 0.338 e. The van der Waals surface area contributed by atoms with Crippen molar-refractivity contribution in [1.82, 2.24) is 4.98 Å². The molecule has 0 unspecified atom stereocenters. The van der Waals surface area contributed by atoms with Crippen LogP contribution in [-0.4, -0.2) is 43.2 Å². The fraction of sp³-hybridized carbons (Fsp3) is 0.100. The number of methoxy groups -OCH3 is 3. The second kappa shape index (κ2) is 9.82. The van der Waals surface area contributed by atoms with Crippen LogP contribution in [0.3, 0.4) is 0 Å². The fourth-order valence-corrected chi connectivity index (χ4v) is 4.66. The van der Waals surface area contributed by atoms with E-state index in [-0.39, 0.29) is 28.2 Å². The Hall–Kier alpha value is -4.98. The molecule has 0 saturated heterocycles. The molecule has 0 aliphatic heterocycles. The summed E-state index contributed by atoms with van der Waals surface area (Å²) in [6.07, 6.45) is 3.23. The quantitative estimate of drug-likeness (QED) is 0.287. The van der Waals surface area contributed by atoms with Crippen molar-refractivity contribution in [3.63, 3.8) is 0 Å². The predicted molar refractivity (Wildman–Crippen MR) is 140 cm³/mol. The van der Waals surface area contributed by atoms with Crippen molar-refractivity contribution in [2.75, 3.05) is 21.3 Å². The normalized spacial score (nSPS) is 11.8. The van der Waals surface area contributed by atoms with Crippen LogP contribution in [0.1, 0.15) is 37.5 Å². The average Bonchev–Trinajstić information content (AvgIpc) is 3.22. The summed E-state index contributed by atoms with van der Waals surface area (Å²) in [5.74, 6) is -0.800. The lowest BCUT2D eigenvalue weighted by Gasteiger charge is -2.15. The molecule has 1 heterocycles. The number of benzene rings is 3. The number of carboxylic acid groups (broad SMARTS) is 1. The molecule has 8 heteroatoms. The number of hydrogen-bond acceptors (Lipinski definition) is 6. The lowest BCUT2D eigenvalue weighted by molar-refractivity contribution is 0.0697. The molecule has 0 saturated carbocycles. The summed E-state index contributed by atoms with van der Waals surface area (Å²) in [6.45, 7) is 0. The van der Waals surface area contributed by atoms with Gasteiger partial charge in [0.1, 0.15) is 5.82 Å². The number of hydrogen-bond donors (Lipinski definition) is 1. The predicted octanol–water partition coefficient (Wildman–Crippen LogP) is 5.99. The van der Waals surface area contributed by atoms with Crippen LogP contribution in [0.4, 0.5) is 4.39 Å². The second-order valence-electron chi connectivity index (χ2n) is 8.45. The summed E-state index contributed by atoms with van der Waals surface area (Å²) in [5.41, 5.74) is 2.78. The minimum atomic E-state index is -1.27. The van der Waals surface area contributed by atoms with Crippen LogP contribution in [0, 0.1) is 5.82 Å². The number of carbonyl (C=O) groups excluding carboxylic acids is 1. The Kier molecular flexibility index (Phi) is 6.38. The van der Waals surface area contributed by atoms with Gasteiger partial charge in [0, 0.05) is 16.7 Å². The van der Waals surface area contributed by atoms with Crippen LogP contribution >= 0.6 is 0 Å². The molecular weight excluding hydrogens is 489 g/mol. The van der Waals surface area contributed by atoms with Crippen LogP contribution in [0.2, 0.25) is 0 Å². The number of rotatable bonds is 7. The molecule has 1 N–H and O–H groups in total. The van der Waals surface area contributed by atoms with E-state index in [0.29, 0.717) is 45.2 Å². The first-order chi connectivity index (χ1) is 18.4. The molecule has 38 heavy (non-hydrogen) atoms. The fourth-order valence-electron chi connectivity index (χ4n) is 4.66. The summed E-state index contributed by atoms with van der Waals surface area (Å²) in [5, 5.41) is 10.3. The highest BCUT2D eigenvalue weighted by atomic mass is 19.1. The number of carboxylic acids is 1. The Bertz CT molecular complexity index is 1600. The van der Waals surface area contributed by atoms with Gasteiger partial charge in [-0.25, -0.2) is 14.2 Å². The first-order valence-corrected chi connectivity index (χ1v) is 11.6. The largest absolute Gasteiger partial charge is 0.493 e. The van der Waals surface area contributed by atoms with E-state index < -0.39 is 11.8 Å². The summed E-state index contributed by atoms with van der Waals surface area (Å²) >= 11 is 0. The van der Waals surface area contributed by atoms with Crippen molar-refractivity contribution in [2.45, 2.75) is 0 Å². The number of ketones is 1. The van der Waals surface area contributed by atoms with Crippen molar-refractivity contribution in [2.24, 2.45) is 0 Å². The van der Waals surface area contributed by atoms with E-state index in [1.165, 1.54) is 45.6 Å². The Labute approximate surface area is 217 Å². The van der Waals surface area contributed by atoms with Crippen LogP contribution in [0.25, 0.3) is 34.5 Å². The monoisotopic (exact) mass is 511 g/mol. The molecule has 0 fully saturated rings. The molecule has 0 radical (unpaired) electrons. The van der Waals surface area contributed by atoms with Gasteiger partial charge in [-0.05, 0) is 41.5 Å².